The van der Waals surface area contributed by atoms with Crippen molar-refractivity contribution in [2.24, 2.45) is 0 Å². The lowest BCUT2D eigenvalue weighted by atomic mass is 10.2. The van der Waals surface area contributed by atoms with Crippen molar-refractivity contribution in [3.8, 4) is 11.5 Å². The maximum atomic E-state index is 6.41. The maximum Gasteiger partial charge on any atom is 0.226 e. The topological polar surface area (TPSA) is 26.0 Å². The van der Waals surface area contributed by atoms with Crippen LogP contribution in [0.25, 0.3) is 11.5 Å². The molecule has 0 N–H and O–H groups in total. The maximum absolute atomic E-state index is 6.41. The Labute approximate surface area is 190 Å². The van der Waals surface area contributed by atoms with Gasteiger partial charge in [-0.15, -0.1) is 0 Å². The molecule has 0 aliphatic rings. The molecule has 4 heteroatoms. The molecule has 0 unspecified atom stereocenters. The Morgan fingerprint density at radius 1 is 0.806 bits per heavy atom. The van der Waals surface area contributed by atoms with Gasteiger partial charge in [-0.25, -0.2) is 4.98 Å². The molecule has 0 aliphatic carbocycles. The van der Waals surface area contributed by atoms with Crippen LogP contribution in [-0.4, -0.2) is 13.1 Å². The Kier molecular flexibility index (Phi) is 5.91. The SMILES string of the molecule is Cc1nc(-c2ccc(Cl)cc2)oc1C[Si](c1ccccc1)(c1ccccc1)C(C)(C)C. The standard InChI is InChI=1S/C27H28ClNOSi/c1-20-25(30-26(29-20)21-15-17-22(28)18-16-21)19-31(27(2,3)4,23-11-7-5-8-12-23)24-13-9-6-10-14-24/h5-18H,19H2,1-4H3. The van der Waals surface area contributed by atoms with Crippen molar-refractivity contribution >= 4 is 30.0 Å². The predicted octanol–water partition coefficient (Wildman–Crippen LogP) is 6.45. The summed E-state index contributed by atoms with van der Waals surface area (Å²) in [7, 11) is -2.27. The van der Waals surface area contributed by atoms with E-state index in [2.05, 4.69) is 88.4 Å². The zero-order chi connectivity index (χ0) is 22.1. The molecule has 4 rings (SSSR count). The number of oxazole rings is 1. The molecule has 0 saturated heterocycles. The fourth-order valence-electron chi connectivity index (χ4n) is 4.50. The molecule has 0 bridgehead atoms. The molecule has 0 spiro atoms. The molecular formula is C27H28ClNOSi. The van der Waals surface area contributed by atoms with Crippen LogP contribution in [0.3, 0.4) is 0 Å². The van der Waals surface area contributed by atoms with Gasteiger partial charge in [-0.1, -0.05) is 103 Å². The van der Waals surface area contributed by atoms with E-state index in [-0.39, 0.29) is 5.04 Å². The number of halogens is 1. The molecule has 158 valence electrons. The molecule has 0 saturated carbocycles. The van der Waals surface area contributed by atoms with Gasteiger partial charge in [0.25, 0.3) is 0 Å². The number of aryl methyl sites for hydroxylation is 1. The fraction of sp³-hybridized carbons (Fsp3) is 0.222. The number of aromatic nitrogens is 1. The van der Waals surface area contributed by atoms with Gasteiger partial charge >= 0.3 is 0 Å². The third-order valence-corrected chi connectivity index (χ3v) is 12.5. The van der Waals surface area contributed by atoms with Crippen LogP contribution in [-0.2, 0) is 6.04 Å². The van der Waals surface area contributed by atoms with Gasteiger partial charge in [0.15, 0.2) is 0 Å². The van der Waals surface area contributed by atoms with Gasteiger partial charge in [0, 0.05) is 16.6 Å². The van der Waals surface area contributed by atoms with Crippen molar-refractivity contribution in [2.45, 2.75) is 38.8 Å². The zero-order valence-electron chi connectivity index (χ0n) is 18.5. The summed E-state index contributed by atoms with van der Waals surface area (Å²) in [6.45, 7) is 9.15. The van der Waals surface area contributed by atoms with Crippen molar-refractivity contribution in [1.29, 1.82) is 0 Å². The molecule has 0 atom stereocenters. The third-order valence-electron chi connectivity index (χ3n) is 6.22. The van der Waals surface area contributed by atoms with Crippen LogP contribution in [0, 0.1) is 6.92 Å². The van der Waals surface area contributed by atoms with Crippen LogP contribution in [0.4, 0.5) is 0 Å². The van der Waals surface area contributed by atoms with E-state index in [0.29, 0.717) is 10.9 Å². The monoisotopic (exact) mass is 445 g/mol. The third kappa shape index (κ3) is 4.12. The van der Waals surface area contributed by atoms with Gasteiger partial charge in [0.2, 0.25) is 5.89 Å². The van der Waals surface area contributed by atoms with Crippen molar-refractivity contribution in [3.05, 3.63) is 101 Å². The summed E-state index contributed by atoms with van der Waals surface area (Å²) < 4.78 is 6.41. The molecule has 2 nitrogen and oxygen atoms in total. The molecule has 0 fully saturated rings. The Morgan fingerprint density at radius 2 is 1.32 bits per heavy atom. The van der Waals surface area contributed by atoms with Gasteiger partial charge in [-0.05, 0) is 36.2 Å². The Morgan fingerprint density at radius 3 is 1.81 bits per heavy atom. The van der Waals surface area contributed by atoms with Gasteiger partial charge in [0.05, 0.1) is 5.69 Å². The van der Waals surface area contributed by atoms with Gasteiger partial charge < -0.3 is 4.42 Å². The zero-order valence-corrected chi connectivity index (χ0v) is 20.3. The highest BCUT2D eigenvalue weighted by Gasteiger charge is 2.48. The van der Waals surface area contributed by atoms with Gasteiger partial charge in [0.1, 0.15) is 13.8 Å². The number of hydrogen-bond donors (Lipinski definition) is 0. The van der Waals surface area contributed by atoms with Crippen LogP contribution in [0.1, 0.15) is 32.2 Å². The summed E-state index contributed by atoms with van der Waals surface area (Å²) in [5.74, 6) is 1.63. The van der Waals surface area contributed by atoms with E-state index in [4.69, 9.17) is 21.0 Å². The van der Waals surface area contributed by atoms with Crippen LogP contribution in [0.5, 0.6) is 0 Å². The van der Waals surface area contributed by atoms with Crippen molar-refractivity contribution in [2.75, 3.05) is 0 Å². The van der Waals surface area contributed by atoms with Crippen LogP contribution in [0.15, 0.2) is 89.3 Å². The summed E-state index contributed by atoms with van der Waals surface area (Å²) in [5.41, 5.74) is 1.90. The Balaban J connectivity index is 1.87. The van der Waals surface area contributed by atoms with Gasteiger partial charge in [-0.3, -0.25) is 0 Å². The Hall–Kier alpha value is -2.62. The van der Waals surface area contributed by atoms with E-state index >= 15 is 0 Å². The smallest absolute Gasteiger partial charge is 0.226 e. The minimum absolute atomic E-state index is 0.0649. The molecule has 0 amide bonds. The number of rotatable bonds is 5. The van der Waals surface area contributed by atoms with E-state index in [0.717, 1.165) is 23.1 Å². The highest BCUT2D eigenvalue weighted by molar-refractivity contribution is 7.03. The van der Waals surface area contributed by atoms with E-state index in [1.54, 1.807) is 0 Å². The first kappa shape index (κ1) is 21.6. The number of nitrogens with zero attached hydrogens (tertiary/aromatic N) is 1. The molecule has 3 aromatic carbocycles. The minimum Gasteiger partial charge on any atom is -0.441 e. The van der Waals surface area contributed by atoms with Crippen LogP contribution in [0.2, 0.25) is 10.1 Å². The second-order valence-electron chi connectivity index (χ2n) is 9.10. The Bertz CT molecular complexity index is 1110. The van der Waals surface area contributed by atoms with Crippen LogP contribution < -0.4 is 10.4 Å². The normalized spacial score (nSPS) is 12.2. The molecule has 1 heterocycles. The average Bonchev–Trinajstić information content (AvgIpc) is 3.13. The average molecular weight is 446 g/mol. The van der Waals surface area contributed by atoms with E-state index in [9.17, 15) is 0 Å². The van der Waals surface area contributed by atoms with Gasteiger partial charge in [-0.2, -0.15) is 0 Å². The first-order valence-corrected chi connectivity index (χ1v) is 13.2. The predicted molar refractivity (Wildman–Crippen MR) is 133 cm³/mol. The first-order valence-electron chi connectivity index (χ1n) is 10.6. The van der Waals surface area contributed by atoms with Crippen molar-refractivity contribution < 1.29 is 4.42 Å². The molecule has 31 heavy (non-hydrogen) atoms. The largest absolute Gasteiger partial charge is 0.441 e. The lowest BCUT2D eigenvalue weighted by Gasteiger charge is -2.44. The van der Waals surface area contributed by atoms with E-state index in [1.165, 1.54) is 10.4 Å². The highest BCUT2D eigenvalue weighted by Crippen LogP contribution is 2.39. The fourth-order valence-corrected chi connectivity index (χ4v) is 9.96. The summed E-state index contributed by atoms with van der Waals surface area (Å²) in [6, 6.07) is 30.5. The molecular weight excluding hydrogens is 418 g/mol. The number of hydrogen-bond acceptors (Lipinski definition) is 2. The molecule has 1 aromatic heterocycles. The second kappa shape index (κ2) is 8.49. The first-order chi connectivity index (χ1) is 14.8. The highest BCUT2D eigenvalue weighted by atomic mass is 35.5. The molecule has 4 aromatic rings. The summed E-state index contributed by atoms with van der Waals surface area (Å²) >= 11 is 6.06. The van der Waals surface area contributed by atoms with Crippen molar-refractivity contribution in [1.82, 2.24) is 4.98 Å². The molecule has 0 radical (unpaired) electrons. The quantitative estimate of drug-likeness (QED) is 0.330. The van der Waals surface area contributed by atoms with Crippen LogP contribution >= 0.6 is 11.6 Å². The van der Waals surface area contributed by atoms with E-state index < -0.39 is 8.07 Å². The minimum atomic E-state index is -2.27. The summed E-state index contributed by atoms with van der Waals surface area (Å²) in [5, 5.41) is 3.60. The number of benzene rings is 3. The lowest BCUT2D eigenvalue weighted by molar-refractivity contribution is 0.530. The lowest BCUT2D eigenvalue weighted by Crippen LogP contribution is -2.66. The summed E-state index contributed by atoms with van der Waals surface area (Å²) in [4.78, 5) is 4.78. The van der Waals surface area contributed by atoms with E-state index in [1.807, 2.05) is 24.3 Å². The summed E-state index contributed by atoms with van der Waals surface area (Å²) in [6.07, 6.45) is 0. The van der Waals surface area contributed by atoms with Crippen molar-refractivity contribution in [3.63, 3.8) is 0 Å². The molecule has 0 aliphatic heterocycles. The second-order valence-corrected chi connectivity index (χ2v) is 14.4.